The van der Waals surface area contributed by atoms with Crippen molar-refractivity contribution in [3.8, 4) is 17.6 Å². The third kappa shape index (κ3) is 5.21. The Balaban J connectivity index is 1.59. The normalized spacial score (nSPS) is 14.0. The number of piperazine rings is 1. The Hall–Kier alpha value is -3.17. The molecule has 1 aliphatic rings. The van der Waals surface area contributed by atoms with Crippen molar-refractivity contribution in [2.45, 2.75) is 0 Å². The van der Waals surface area contributed by atoms with Gasteiger partial charge in [-0.05, 0) is 35.9 Å². The number of anilines is 1. The largest absolute Gasteiger partial charge is 0.493 e. The van der Waals surface area contributed by atoms with Crippen LogP contribution in [0.4, 0.5) is 5.69 Å². The molecule has 1 heterocycles. The molecule has 0 N–H and O–H groups in total. The first kappa shape index (κ1) is 20.6. The zero-order valence-corrected chi connectivity index (χ0v) is 16.9. The van der Waals surface area contributed by atoms with Crippen LogP contribution >= 0.6 is 11.6 Å². The van der Waals surface area contributed by atoms with E-state index in [-0.39, 0.29) is 12.5 Å². The SMILES string of the molecule is COc1cc(/C=C/C(=O)N2CCN(c3ccccc3Cl)CC2)ccc1OCC#N. The van der Waals surface area contributed by atoms with E-state index in [1.807, 2.05) is 41.3 Å². The highest BCUT2D eigenvalue weighted by molar-refractivity contribution is 6.33. The Morgan fingerprint density at radius 3 is 2.62 bits per heavy atom. The molecule has 1 saturated heterocycles. The van der Waals surface area contributed by atoms with Crippen molar-refractivity contribution in [3.05, 3.63) is 59.1 Å². The predicted octanol–water partition coefficient (Wildman–Crippen LogP) is 3.61. The summed E-state index contributed by atoms with van der Waals surface area (Å²) in [6.45, 7) is 2.70. The van der Waals surface area contributed by atoms with Gasteiger partial charge in [0.1, 0.15) is 6.07 Å². The Labute approximate surface area is 175 Å². The fraction of sp³-hybridized carbons (Fsp3) is 0.273. The monoisotopic (exact) mass is 411 g/mol. The minimum Gasteiger partial charge on any atom is -0.493 e. The Morgan fingerprint density at radius 2 is 1.93 bits per heavy atom. The van der Waals surface area contributed by atoms with E-state index < -0.39 is 0 Å². The summed E-state index contributed by atoms with van der Waals surface area (Å²) in [5.74, 6) is 0.976. The van der Waals surface area contributed by atoms with Crippen molar-refractivity contribution >= 4 is 29.3 Å². The first-order valence-corrected chi connectivity index (χ1v) is 9.64. The molecular formula is C22H22ClN3O3. The number of amides is 1. The van der Waals surface area contributed by atoms with Gasteiger partial charge in [0.05, 0.1) is 17.8 Å². The molecule has 0 unspecified atom stereocenters. The van der Waals surface area contributed by atoms with E-state index in [1.165, 1.54) is 7.11 Å². The lowest BCUT2D eigenvalue weighted by molar-refractivity contribution is -0.126. The second kappa shape index (κ2) is 9.85. The second-order valence-corrected chi connectivity index (χ2v) is 6.86. The zero-order chi connectivity index (χ0) is 20.6. The highest BCUT2D eigenvalue weighted by Crippen LogP contribution is 2.29. The molecular weight excluding hydrogens is 390 g/mol. The molecule has 0 atom stereocenters. The summed E-state index contributed by atoms with van der Waals surface area (Å²) in [5, 5.41) is 9.36. The summed E-state index contributed by atoms with van der Waals surface area (Å²) in [7, 11) is 1.53. The number of hydrogen-bond donors (Lipinski definition) is 0. The van der Waals surface area contributed by atoms with Gasteiger partial charge in [-0.2, -0.15) is 5.26 Å². The number of rotatable bonds is 6. The third-order valence-electron chi connectivity index (χ3n) is 4.68. The summed E-state index contributed by atoms with van der Waals surface area (Å²) in [6, 6.07) is 15.0. The minimum atomic E-state index is -0.0514. The molecule has 29 heavy (non-hydrogen) atoms. The van der Waals surface area contributed by atoms with Gasteiger partial charge in [-0.25, -0.2) is 0 Å². The van der Waals surface area contributed by atoms with Crippen LogP contribution in [0.15, 0.2) is 48.5 Å². The smallest absolute Gasteiger partial charge is 0.246 e. The number of benzene rings is 2. The van der Waals surface area contributed by atoms with Gasteiger partial charge in [0, 0.05) is 32.3 Å². The number of carbonyl (C=O) groups excluding carboxylic acids is 1. The van der Waals surface area contributed by atoms with Gasteiger partial charge in [-0.1, -0.05) is 29.8 Å². The Kier molecular flexibility index (Phi) is 6.99. The first-order chi connectivity index (χ1) is 14.1. The molecule has 1 aliphatic heterocycles. The van der Waals surface area contributed by atoms with Crippen molar-refractivity contribution in [3.63, 3.8) is 0 Å². The number of nitriles is 1. The molecule has 0 bridgehead atoms. The lowest BCUT2D eigenvalue weighted by Crippen LogP contribution is -2.48. The maximum atomic E-state index is 12.5. The maximum Gasteiger partial charge on any atom is 0.246 e. The Morgan fingerprint density at radius 1 is 1.17 bits per heavy atom. The van der Waals surface area contributed by atoms with Gasteiger partial charge < -0.3 is 19.3 Å². The maximum absolute atomic E-state index is 12.5. The minimum absolute atomic E-state index is 0.0346. The third-order valence-corrected chi connectivity index (χ3v) is 5.00. The van der Waals surface area contributed by atoms with Crippen LogP contribution in [0.25, 0.3) is 6.08 Å². The molecule has 0 aliphatic carbocycles. The van der Waals surface area contributed by atoms with Crippen LogP contribution in [0.1, 0.15) is 5.56 Å². The van der Waals surface area contributed by atoms with Crippen molar-refractivity contribution in [1.82, 2.24) is 4.90 Å². The number of para-hydroxylation sites is 1. The van der Waals surface area contributed by atoms with Crippen molar-refractivity contribution < 1.29 is 14.3 Å². The van der Waals surface area contributed by atoms with Crippen LogP contribution in [-0.2, 0) is 4.79 Å². The average Bonchev–Trinajstić information content (AvgIpc) is 2.76. The molecule has 3 rings (SSSR count). The standard InChI is InChI=1S/C22H22ClN3O3/c1-28-21-16-17(6-8-20(21)29-15-10-24)7-9-22(27)26-13-11-25(12-14-26)19-5-3-2-4-18(19)23/h2-9,16H,11-15H2,1H3/b9-7+. The predicted molar refractivity (Wildman–Crippen MR) is 113 cm³/mol. The fourth-order valence-corrected chi connectivity index (χ4v) is 3.42. The average molecular weight is 412 g/mol. The lowest BCUT2D eigenvalue weighted by atomic mass is 10.1. The van der Waals surface area contributed by atoms with Gasteiger partial charge in [-0.3, -0.25) is 4.79 Å². The van der Waals surface area contributed by atoms with Gasteiger partial charge in [0.2, 0.25) is 5.91 Å². The van der Waals surface area contributed by atoms with Gasteiger partial charge in [0.25, 0.3) is 0 Å². The van der Waals surface area contributed by atoms with E-state index in [1.54, 1.807) is 24.3 Å². The number of hydrogen-bond acceptors (Lipinski definition) is 5. The zero-order valence-electron chi connectivity index (χ0n) is 16.2. The van der Waals surface area contributed by atoms with E-state index in [0.717, 1.165) is 29.4 Å². The molecule has 0 aromatic heterocycles. The molecule has 7 heteroatoms. The van der Waals surface area contributed by atoms with E-state index in [0.29, 0.717) is 24.6 Å². The van der Waals surface area contributed by atoms with Crippen LogP contribution in [0.3, 0.4) is 0 Å². The van der Waals surface area contributed by atoms with Gasteiger partial charge >= 0.3 is 0 Å². The van der Waals surface area contributed by atoms with Crippen LogP contribution in [0.5, 0.6) is 11.5 Å². The number of carbonyl (C=O) groups is 1. The fourth-order valence-electron chi connectivity index (χ4n) is 3.17. The van der Waals surface area contributed by atoms with E-state index >= 15 is 0 Å². The lowest BCUT2D eigenvalue weighted by Gasteiger charge is -2.36. The topological polar surface area (TPSA) is 65.8 Å². The number of halogens is 1. The second-order valence-electron chi connectivity index (χ2n) is 6.45. The summed E-state index contributed by atoms with van der Waals surface area (Å²) >= 11 is 6.27. The van der Waals surface area contributed by atoms with E-state index in [4.69, 9.17) is 26.3 Å². The highest BCUT2D eigenvalue weighted by atomic mass is 35.5. The number of nitrogens with zero attached hydrogens (tertiary/aromatic N) is 3. The van der Waals surface area contributed by atoms with Gasteiger partial charge in [-0.15, -0.1) is 0 Å². The molecule has 2 aromatic rings. The molecule has 2 aromatic carbocycles. The van der Waals surface area contributed by atoms with Gasteiger partial charge in [0.15, 0.2) is 18.1 Å². The molecule has 1 amide bonds. The number of methoxy groups -OCH3 is 1. The summed E-state index contributed by atoms with van der Waals surface area (Å²) in [6.07, 6.45) is 3.31. The molecule has 0 saturated carbocycles. The summed E-state index contributed by atoms with van der Waals surface area (Å²) in [5.41, 5.74) is 1.82. The van der Waals surface area contributed by atoms with E-state index in [9.17, 15) is 4.79 Å². The molecule has 0 spiro atoms. The van der Waals surface area contributed by atoms with Crippen LogP contribution in [0.2, 0.25) is 5.02 Å². The molecule has 0 radical (unpaired) electrons. The molecule has 6 nitrogen and oxygen atoms in total. The quantitative estimate of drug-likeness (QED) is 0.679. The highest BCUT2D eigenvalue weighted by Gasteiger charge is 2.21. The van der Waals surface area contributed by atoms with Crippen LogP contribution < -0.4 is 14.4 Å². The molecule has 150 valence electrons. The first-order valence-electron chi connectivity index (χ1n) is 9.26. The van der Waals surface area contributed by atoms with Crippen molar-refractivity contribution in [1.29, 1.82) is 5.26 Å². The van der Waals surface area contributed by atoms with Crippen LogP contribution in [0, 0.1) is 11.3 Å². The van der Waals surface area contributed by atoms with Crippen molar-refractivity contribution in [2.24, 2.45) is 0 Å². The van der Waals surface area contributed by atoms with Crippen molar-refractivity contribution in [2.75, 3.05) is 44.8 Å². The summed E-state index contributed by atoms with van der Waals surface area (Å²) < 4.78 is 10.6. The van der Waals surface area contributed by atoms with E-state index in [2.05, 4.69) is 4.90 Å². The Bertz CT molecular complexity index is 931. The summed E-state index contributed by atoms with van der Waals surface area (Å²) in [4.78, 5) is 16.6. The van der Waals surface area contributed by atoms with Crippen LogP contribution in [-0.4, -0.2) is 50.7 Å². The molecule has 1 fully saturated rings. The number of ether oxygens (including phenoxy) is 2.